The van der Waals surface area contributed by atoms with E-state index >= 15 is 0 Å². The lowest BCUT2D eigenvalue weighted by Crippen LogP contribution is -1.88. The summed E-state index contributed by atoms with van der Waals surface area (Å²) in [5, 5.41) is 7.73. The van der Waals surface area contributed by atoms with E-state index < -0.39 is 0 Å². The number of benzene rings is 5. The molecule has 5 rings (SSSR count). The summed E-state index contributed by atoms with van der Waals surface area (Å²) in [6, 6.07) is 33.0. The van der Waals surface area contributed by atoms with Crippen LogP contribution in [0.4, 0.5) is 0 Å². The first-order chi connectivity index (χ1) is 12.8. The van der Waals surface area contributed by atoms with Crippen molar-refractivity contribution in [3.05, 3.63) is 96.6 Å². The van der Waals surface area contributed by atoms with E-state index in [2.05, 4.69) is 104 Å². The van der Waals surface area contributed by atoms with Crippen LogP contribution in [0.2, 0.25) is 0 Å². The molecule has 0 aliphatic rings. The van der Waals surface area contributed by atoms with Gasteiger partial charge in [0.1, 0.15) is 0 Å². The molecule has 0 N–H and O–H groups in total. The Morgan fingerprint density at radius 2 is 1.23 bits per heavy atom. The predicted molar refractivity (Wildman–Crippen MR) is 117 cm³/mol. The highest BCUT2D eigenvalue weighted by molar-refractivity contribution is 7.79. The standard InChI is InChI=1S/C25H18S/c26-16-17-6-5-10-21(12-17)25-23-11-4-3-9-20(23)14-22-13-18-7-1-2-8-19(18)15-24(22)25/h1-15,26H,16H2. The smallest absolute Gasteiger partial charge is 0.0154 e. The molecule has 0 bridgehead atoms. The molecule has 5 aromatic carbocycles. The molecule has 0 atom stereocenters. The summed E-state index contributed by atoms with van der Waals surface area (Å²) in [6.45, 7) is 0. The number of hydrogen-bond acceptors (Lipinski definition) is 1. The first-order valence-electron chi connectivity index (χ1n) is 8.88. The van der Waals surface area contributed by atoms with Gasteiger partial charge in [0.15, 0.2) is 0 Å². The molecule has 0 saturated carbocycles. The number of thiol groups is 1. The Kier molecular flexibility index (Phi) is 3.69. The minimum Gasteiger partial charge on any atom is -0.175 e. The maximum Gasteiger partial charge on any atom is 0.0154 e. The molecule has 0 heterocycles. The van der Waals surface area contributed by atoms with E-state index in [0.29, 0.717) is 0 Å². The number of hydrogen-bond donors (Lipinski definition) is 1. The average Bonchev–Trinajstić information content (AvgIpc) is 2.70. The third kappa shape index (κ3) is 2.48. The van der Waals surface area contributed by atoms with Crippen molar-refractivity contribution in [2.24, 2.45) is 0 Å². The summed E-state index contributed by atoms with van der Waals surface area (Å²) in [7, 11) is 0. The van der Waals surface area contributed by atoms with Crippen molar-refractivity contribution in [3.8, 4) is 11.1 Å². The van der Waals surface area contributed by atoms with Gasteiger partial charge in [0.25, 0.3) is 0 Å². The summed E-state index contributed by atoms with van der Waals surface area (Å²) >= 11 is 4.47. The van der Waals surface area contributed by atoms with Crippen LogP contribution >= 0.6 is 12.6 Å². The van der Waals surface area contributed by atoms with Crippen LogP contribution in [0.3, 0.4) is 0 Å². The monoisotopic (exact) mass is 350 g/mol. The third-order valence-electron chi connectivity index (χ3n) is 5.13. The minimum absolute atomic E-state index is 0.749. The second-order valence-electron chi connectivity index (χ2n) is 6.75. The van der Waals surface area contributed by atoms with Crippen LogP contribution in [0.5, 0.6) is 0 Å². The summed E-state index contributed by atoms with van der Waals surface area (Å²) in [6.07, 6.45) is 0. The molecule has 26 heavy (non-hydrogen) atoms. The normalized spacial score (nSPS) is 11.4. The first kappa shape index (κ1) is 15.5. The Bertz CT molecular complexity index is 1260. The van der Waals surface area contributed by atoms with Crippen molar-refractivity contribution in [2.75, 3.05) is 0 Å². The Morgan fingerprint density at radius 3 is 2.04 bits per heavy atom. The fourth-order valence-corrected chi connectivity index (χ4v) is 4.09. The van der Waals surface area contributed by atoms with Crippen molar-refractivity contribution in [1.82, 2.24) is 0 Å². The van der Waals surface area contributed by atoms with Crippen LogP contribution in [0, 0.1) is 0 Å². The van der Waals surface area contributed by atoms with E-state index in [9.17, 15) is 0 Å². The van der Waals surface area contributed by atoms with E-state index in [1.165, 1.54) is 49.0 Å². The van der Waals surface area contributed by atoms with Gasteiger partial charge < -0.3 is 0 Å². The SMILES string of the molecule is SCc1cccc(-c2c3ccccc3cc3cc4ccccc4cc23)c1. The lowest BCUT2D eigenvalue weighted by atomic mass is 9.90. The lowest BCUT2D eigenvalue weighted by molar-refractivity contribution is 1.43. The predicted octanol–water partition coefficient (Wildman–Crippen LogP) is 7.24. The molecule has 1 heteroatoms. The van der Waals surface area contributed by atoms with Gasteiger partial charge in [-0.1, -0.05) is 72.8 Å². The van der Waals surface area contributed by atoms with Gasteiger partial charge in [-0.05, 0) is 67.2 Å². The highest BCUT2D eigenvalue weighted by Gasteiger charge is 2.11. The molecule has 0 amide bonds. The zero-order valence-electron chi connectivity index (χ0n) is 14.3. The van der Waals surface area contributed by atoms with E-state index in [0.717, 1.165) is 5.75 Å². The molecule has 0 aliphatic heterocycles. The van der Waals surface area contributed by atoms with Crippen molar-refractivity contribution in [2.45, 2.75) is 5.75 Å². The molecule has 0 unspecified atom stereocenters. The van der Waals surface area contributed by atoms with Crippen molar-refractivity contribution in [3.63, 3.8) is 0 Å². The molecule has 0 spiro atoms. The zero-order chi connectivity index (χ0) is 17.5. The second-order valence-corrected chi connectivity index (χ2v) is 7.07. The van der Waals surface area contributed by atoms with Crippen molar-refractivity contribution < 1.29 is 0 Å². The van der Waals surface area contributed by atoms with Crippen LogP contribution in [0.1, 0.15) is 5.56 Å². The molecule has 124 valence electrons. The van der Waals surface area contributed by atoms with Gasteiger partial charge in [-0.15, -0.1) is 0 Å². The maximum atomic E-state index is 4.47. The van der Waals surface area contributed by atoms with Gasteiger partial charge in [0, 0.05) is 5.75 Å². The Labute approximate surface area is 158 Å². The average molecular weight is 350 g/mol. The van der Waals surface area contributed by atoms with Gasteiger partial charge in [-0.2, -0.15) is 12.6 Å². The fraction of sp³-hybridized carbons (Fsp3) is 0.0400. The van der Waals surface area contributed by atoms with E-state index in [4.69, 9.17) is 0 Å². The molecule has 5 aromatic rings. The number of rotatable bonds is 2. The lowest BCUT2D eigenvalue weighted by Gasteiger charge is -2.14. The second kappa shape index (κ2) is 6.19. The highest BCUT2D eigenvalue weighted by Crippen LogP contribution is 2.38. The van der Waals surface area contributed by atoms with E-state index in [-0.39, 0.29) is 0 Å². The number of fused-ring (bicyclic) bond motifs is 3. The maximum absolute atomic E-state index is 4.47. The van der Waals surface area contributed by atoms with Gasteiger partial charge in [-0.25, -0.2) is 0 Å². The molecular formula is C25H18S. The summed E-state index contributed by atoms with van der Waals surface area (Å²) in [5.41, 5.74) is 3.81. The third-order valence-corrected chi connectivity index (χ3v) is 5.49. The van der Waals surface area contributed by atoms with Gasteiger partial charge in [0.05, 0.1) is 0 Å². The van der Waals surface area contributed by atoms with Gasteiger partial charge in [-0.3, -0.25) is 0 Å². The topological polar surface area (TPSA) is 0 Å². The van der Waals surface area contributed by atoms with E-state index in [1.54, 1.807) is 0 Å². The van der Waals surface area contributed by atoms with Crippen molar-refractivity contribution >= 4 is 44.9 Å². The molecule has 0 aliphatic carbocycles. The largest absolute Gasteiger partial charge is 0.175 e. The van der Waals surface area contributed by atoms with Gasteiger partial charge >= 0.3 is 0 Å². The van der Waals surface area contributed by atoms with Crippen LogP contribution in [0.25, 0.3) is 43.4 Å². The Balaban J connectivity index is 1.97. The quantitative estimate of drug-likeness (QED) is 0.252. The molecule has 0 radical (unpaired) electrons. The first-order valence-corrected chi connectivity index (χ1v) is 9.51. The van der Waals surface area contributed by atoms with Crippen LogP contribution in [-0.2, 0) is 5.75 Å². The summed E-state index contributed by atoms with van der Waals surface area (Å²) in [4.78, 5) is 0. The fourth-order valence-electron chi connectivity index (χ4n) is 3.89. The van der Waals surface area contributed by atoms with Gasteiger partial charge in [0.2, 0.25) is 0 Å². The van der Waals surface area contributed by atoms with E-state index in [1.807, 2.05) is 0 Å². The molecule has 0 nitrogen and oxygen atoms in total. The zero-order valence-corrected chi connectivity index (χ0v) is 15.2. The van der Waals surface area contributed by atoms with Crippen LogP contribution in [0.15, 0.2) is 91.0 Å². The summed E-state index contributed by atoms with van der Waals surface area (Å²) in [5.74, 6) is 0.749. The molecular weight excluding hydrogens is 332 g/mol. The van der Waals surface area contributed by atoms with Crippen LogP contribution < -0.4 is 0 Å². The molecule has 0 aromatic heterocycles. The van der Waals surface area contributed by atoms with Crippen LogP contribution in [-0.4, -0.2) is 0 Å². The highest BCUT2D eigenvalue weighted by atomic mass is 32.1. The Hall–Kier alpha value is -2.77. The molecule has 0 fully saturated rings. The summed E-state index contributed by atoms with van der Waals surface area (Å²) < 4.78 is 0. The minimum atomic E-state index is 0.749. The molecule has 0 saturated heterocycles. The van der Waals surface area contributed by atoms with Crippen molar-refractivity contribution in [1.29, 1.82) is 0 Å². The Morgan fingerprint density at radius 1 is 0.538 bits per heavy atom.